The SMILES string of the molecule is N[C@@H]1COc2c[c]ccc21. The summed E-state index contributed by atoms with van der Waals surface area (Å²) in [6.07, 6.45) is 0. The van der Waals surface area contributed by atoms with Crippen LogP contribution in [0.3, 0.4) is 0 Å². The quantitative estimate of drug-likeness (QED) is 0.571. The van der Waals surface area contributed by atoms with Gasteiger partial charge in [0.2, 0.25) is 0 Å². The summed E-state index contributed by atoms with van der Waals surface area (Å²) in [7, 11) is 0. The molecular formula is C8H8NO. The molecule has 1 aliphatic rings. The van der Waals surface area contributed by atoms with E-state index >= 15 is 0 Å². The van der Waals surface area contributed by atoms with E-state index in [2.05, 4.69) is 6.07 Å². The van der Waals surface area contributed by atoms with Gasteiger partial charge in [-0.25, -0.2) is 0 Å². The Bertz CT molecular complexity index is 247. The molecule has 0 saturated heterocycles. The molecule has 2 rings (SSSR count). The van der Waals surface area contributed by atoms with Crippen LogP contribution in [0.25, 0.3) is 0 Å². The van der Waals surface area contributed by atoms with E-state index < -0.39 is 0 Å². The van der Waals surface area contributed by atoms with Gasteiger partial charge in [0, 0.05) is 5.56 Å². The second-order valence-electron chi connectivity index (χ2n) is 2.38. The number of fused-ring (bicyclic) bond motifs is 1. The molecule has 2 heteroatoms. The summed E-state index contributed by atoms with van der Waals surface area (Å²) in [5.74, 6) is 0.884. The molecule has 51 valence electrons. The molecule has 0 bridgehead atoms. The molecule has 10 heavy (non-hydrogen) atoms. The van der Waals surface area contributed by atoms with Crippen molar-refractivity contribution in [2.75, 3.05) is 6.61 Å². The van der Waals surface area contributed by atoms with Gasteiger partial charge in [-0.15, -0.1) is 0 Å². The molecule has 0 unspecified atom stereocenters. The number of ether oxygens (including phenoxy) is 1. The van der Waals surface area contributed by atoms with Gasteiger partial charge >= 0.3 is 0 Å². The van der Waals surface area contributed by atoms with Crippen molar-refractivity contribution in [2.24, 2.45) is 5.73 Å². The Labute approximate surface area is 59.6 Å². The van der Waals surface area contributed by atoms with Crippen LogP contribution in [0.15, 0.2) is 18.2 Å². The van der Waals surface area contributed by atoms with E-state index in [1.807, 2.05) is 18.2 Å². The normalized spacial score (nSPS) is 21.9. The van der Waals surface area contributed by atoms with Crippen LogP contribution in [-0.2, 0) is 0 Å². The maximum atomic E-state index is 5.71. The average molecular weight is 134 g/mol. The topological polar surface area (TPSA) is 35.2 Å². The first-order valence-corrected chi connectivity index (χ1v) is 3.26. The lowest BCUT2D eigenvalue weighted by Crippen LogP contribution is -2.10. The molecule has 0 aromatic heterocycles. The Balaban J connectivity index is 2.51. The number of hydrogen-bond donors (Lipinski definition) is 1. The van der Waals surface area contributed by atoms with Gasteiger partial charge in [-0.2, -0.15) is 0 Å². The van der Waals surface area contributed by atoms with Crippen LogP contribution in [0, 0.1) is 6.07 Å². The van der Waals surface area contributed by atoms with Gasteiger partial charge in [0.05, 0.1) is 6.04 Å². The second-order valence-corrected chi connectivity index (χ2v) is 2.38. The average Bonchev–Trinajstić information content (AvgIpc) is 2.34. The van der Waals surface area contributed by atoms with E-state index in [1.165, 1.54) is 0 Å². The predicted octanol–water partition coefficient (Wildman–Crippen LogP) is 0.879. The predicted molar refractivity (Wildman–Crippen MR) is 37.7 cm³/mol. The van der Waals surface area contributed by atoms with E-state index in [-0.39, 0.29) is 6.04 Å². The molecule has 1 aromatic rings. The Morgan fingerprint density at radius 1 is 1.70 bits per heavy atom. The maximum absolute atomic E-state index is 5.71. The molecule has 0 aliphatic carbocycles. The molecular weight excluding hydrogens is 126 g/mol. The van der Waals surface area contributed by atoms with Crippen molar-refractivity contribution in [3.8, 4) is 5.75 Å². The fraction of sp³-hybridized carbons (Fsp3) is 0.250. The minimum absolute atomic E-state index is 0.0598. The van der Waals surface area contributed by atoms with Crippen LogP contribution in [0.2, 0.25) is 0 Å². The maximum Gasteiger partial charge on any atom is 0.124 e. The largest absolute Gasteiger partial charge is 0.491 e. The van der Waals surface area contributed by atoms with Crippen LogP contribution in [-0.4, -0.2) is 6.61 Å². The lowest BCUT2D eigenvalue weighted by molar-refractivity contribution is 0.333. The molecule has 0 saturated carbocycles. The molecule has 1 heterocycles. The number of hydrogen-bond acceptors (Lipinski definition) is 2. The highest BCUT2D eigenvalue weighted by Gasteiger charge is 2.18. The lowest BCUT2D eigenvalue weighted by atomic mass is 10.1. The van der Waals surface area contributed by atoms with E-state index in [1.54, 1.807) is 0 Å². The van der Waals surface area contributed by atoms with Gasteiger partial charge in [0.15, 0.2) is 0 Å². The van der Waals surface area contributed by atoms with Gasteiger partial charge in [-0.1, -0.05) is 12.1 Å². The Kier molecular flexibility index (Phi) is 1.14. The Morgan fingerprint density at radius 3 is 3.40 bits per heavy atom. The summed E-state index contributed by atoms with van der Waals surface area (Å²) >= 11 is 0. The summed E-state index contributed by atoms with van der Waals surface area (Å²) < 4.78 is 5.25. The third-order valence-electron chi connectivity index (χ3n) is 1.68. The van der Waals surface area contributed by atoms with Crippen LogP contribution < -0.4 is 10.5 Å². The zero-order chi connectivity index (χ0) is 6.97. The number of benzene rings is 1. The van der Waals surface area contributed by atoms with Crippen LogP contribution >= 0.6 is 0 Å². The van der Waals surface area contributed by atoms with E-state index in [0.29, 0.717) is 6.61 Å². The van der Waals surface area contributed by atoms with Crippen molar-refractivity contribution in [1.82, 2.24) is 0 Å². The highest BCUT2D eigenvalue weighted by Crippen LogP contribution is 2.29. The fourth-order valence-electron chi connectivity index (χ4n) is 1.13. The van der Waals surface area contributed by atoms with Gasteiger partial charge in [0.1, 0.15) is 12.4 Å². The van der Waals surface area contributed by atoms with Crippen LogP contribution in [0.4, 0.5) is 0 Å². The molecule has 1 aliphatic heterocycles. The van der Waals surface area contributed by atoms with Crippen molar-refractivity contribution in [2.45, 2.75) is 6.04 Å². The van der Waals surface area contributed by atoms with Crippen molar-refractivity contribution < 1.29 is 4.74 Å². The van der Waals surface area contributed by atoms with Crippen molar-refractivity contribution >= 4 is 0 Å². The smallest absolute Gasteiger partial charge is 0.124 e. The zero-order valence-electron chi connectivity index (χ0n) is 5.50. The first-order valence-electron chi connectivity index (χ1n) is 3.26. The highest BCUT2D eigenvalue weighted by molar-refractivity contribution is 5.38. The minimum atomic E-state index is 0.0598. The molecule has 1 atom stereocenters. The van der Waals surface area contributed by atoms with E-state index in [4.69, 9.17) is 10.5 Å². The lowest BCUT2D eigenvalue weighted by Gasteiger charge is -1.96. The molecule has 1 aromatic carbocycles. The zero-order valence-corrected chi connectivity index (χ0v) is 5.50. The summed E-state index contributed by atoms with van der Waals surface area (Å²) in [4.78, 5) is 0. The Hall–Kier alpha value is -1.02. The van der Waals surface area contributed by atoms with Gasteiger partial charge in [0.25, 0.3) is 0 Å². The highest BCUT2D eigenvalue weighted by atomic mass is 16.5. The number of rotatable bonds is 0. The third kappa shape index (κ3) is 0.693. The molecule has 2 nitrogen and oxygen atoms in total. The molecule has 0 spiro atoms. The Morgan fingerprint density at radius 2 is 2.60 bits per heavy atom. The summed E-state index contributed by atoms with van der Waals surface area (Å²) in [5, 5.41) is 0. The van der Waals surface area contributed by atoms with Gasteiger partial charge < -0.3 is 10.5 Å². The third-order valence-corrected chi connectivity index (χ3v) is 1.68. The molecule has 0 fully saturated rings. The molecule has 2 N–H and O–H groups in total. The van der Waals surface area contributed by atoms with Crippen LogP contribution in [0.5, 0.6) is 5.75 Å². The molecule has 0 amide bonds. The van der Waals surface area contributed by atoms with Crippen molar-refractivity contribution in [1.29, 1.82) is 0 Å². The standard InChI is InChI=1S/C8H8NO/c9-7-5-10-8-4-2-1-3-6(7)8/h1,3-4,7H,5,9H2/t7-/m1/s1. The van der Waals surface area contributed by atoms with Crippen LogP contribution in [0.1, 0.15) is 11.6 Å². The summed E-state index contributed by atoms with van der Waals surface area (Å²) in [5.41, 5.74) is 6.80. The van der Waals surface area contributed by atoms with Gasteiger partial charge in [-0.05, 0) is 12.1 Å². The summed E-state index contributed by atoms with van der Waals surface area (Å²) in [6.45, 7) is 0.604. The second kappa shape index (κ2) is 1.99. The van der Waals surface area contributed by atoms with E-state index in [9.17, 15) is 0 Å². The first kappa shape index (κ1) is 5.74. The molecule has 1 radical (unpaired) electrons. The fourth-order valence-corrected chi connectivity index (χ4v) is 1.13. The number of nitrogens with two attached hydrogens (primary N) is 1. The first-order chi connectivity index (χ1) is 4.88. The van der Waals surface area contributed by atoms with Gasteiger partial charge in [-0.3, -0.25) is 0 Å². The summed E-state index contributed by atoms with van der Waals surface area (Å²) in [6, 6.07) is 8.62. The van der Waals surface area contributed by atoms with Crippen molar-refractivity contribution in [3.63, 3.8) is 0 Å². The monoisotopic (exact) mass is 134 g/mol. The van der Waals surface area contributed by atoms with E-state index in [0.717, 1.165) is 11.3 Å². The van der Waals surface area contributed by atoms with Crippen molar-refractivity contribution in [3.05, 3.63) is 29.8 Å². The minimum Gasteiger partial charge on any atom is -0.491 e.